The molecule has 0 radical (unpaired) electrons. The fourth-order valence-electron chi connectivity index (χ4n) is 5.23. The molecule has 0 bridgehead atoms. The maximum atomic E-state index is 13.1. The minimum absolute atomic E-state index is 0.0377. The summed E-state index contributed by atoms with van der Waals surface area (Å²) in [7, 11) is 0. The van der Waals surface area contributed by atoms with Crippen molar-refractivity contribution in [3.8, 4) is 11.1 Å². The molecule has 186 valence electrons. The first kappa shape index (κ1) is 24.8. The van der Waals surface area contributed by atoms with Gasteiger partial charge in [-0.15, -0.1) is 0 Å². The number of carbonyl (C=O) groups excluding carboxylic acids is 2. The number of benzene rings is 2. The average molecular weight is 479 g/mol. The highest BCUT2D eigenvalue weighted by atomic mass is 16.5. The fourth-order valence-corrected chi connectivity index (χ4v) is 5.23. The van der Waals surface area contributed by atoms with E-state index in [0.717, 1.165) is 28.7 Å². The lowest BCUT2D eigenvalue weighted by Crippen LogP contribution is -2.48. The van der Waals surface area contributed by atoms with Crippen LogP contribution >= 0.6 is 0 Å². The van der Waals surface area contributed by atoms with Crippen molar-refractivity contribution in [1.82, 2.24) is 10.2 Å². The molecule has 2 atom stereocenters. The first-order valence-corrected chi connectivity index (χ1v) is 12.3. The molecule has 2 amide bonds. The third-order valence-corrected chi connectivity index (χ3v) is 7.17. The predicted octanol–water partition coefficient (Wildman–Crippen LogP) is 4.80. The maximum Gasteiger partial charge on any atom is 0.407 e. The van der Waals surface area contributed by atoms with E-state index >= 15 is 0 Å². The number of carbonyl (C=O) groups is 3. The Kier molecular flexibility index (Phi) is 7.15. The monoisotopic (exact) mass is 478 g/mol. The van der Waals surface area contributed by atoms with Crippen molar-refractivity contribution in [3.63, 3.8) is 0 Å². The van der Waals surface area contributed by atoms with Crippen LogP contribution in [-0.2, 0) is 14.3 Å². The van der Waals surface area contributed by atoms with Gasteiger partial charge in [0.25, 0.3) is 0 Å². The lowest BCUT2D eigenvalue weighted by Gasteiger charge is -2.33. The van der Waals surface area contributed by atoms with Gasteiger partial charge in [-0.2, -0.15) is 0 Å². The van der Waals surface area contributed by atoms with Gasteiger partial charge >= 0.3 is 12.1 Å². The molecule has 1 aliphatic heterocycles. The molecule has 2 aliphatic rings. The zero-order valence-corrected chi connectivity index (χ0v) is 20.6. The molecule has 0 spiro atoms. The lowest BCUT2D eigenvalue weighted by atomic mass is 9.84. The topological polar surface area (TPSA) is 95.9 Å². The summed E-state index contributed by atoms with van der Waals surface area (Å²) in [5.74, 6) is -1.07. The molecule has 1 fully saturated rings. The second-order valence-electron chi connectivity index (χ2n) is 10.6. The van der Waals surface area contributed by atoms with Crippen LogP contribution < -0.4 is 5.32 Å². The Hall–Kier alpha value is -3.35. The summed E-state index contributed by atoms with van der Waals surface area (Å²) >= 11 is 0. The van der Waals surface area contributed by atoms with Crippen molar-refractivity contribution in [2.24, 2.45) is 5.41 Å². The van der Waals surface area contributed by atoms with E-state index in [4.69, 9.17) is 9.84 Å². The Bertz CT molecular complexity index is 1060. The summed E-state index contributed by atoms with van der Waals surface area (Å²) < 4.78 is 5.69. The normalized spacial score (nSPS) is 18.0. The number of ether oxygens (including phenoxy) is 1. The summed E-state index contributed by atoms with van der Waals surface area (Å²) in [6.07, 6.45) is 0.986. The Morgan fingerprint density at radius 3 is 2.23 bits per heavy atom. The quantitative estimate of drug-likeness (QED) is 0.596. The van der Waals surface area contributed by atoms with Crippen molar-refractivity contribution in [3.05, 3.63) is 59.7 Å². The molecule has 4 rings (SSSR count). The molecule has 1 unspecified atom stereocenters. The number of carboxylic acids is 1. The van der Waals surface area contributed by atoms with Gasteiger partial charge in [0.2, 0.25) is 5.91 Å². The molecule has 7 nitrogen and oxygen atoms in total. The number of likely N-dealkylation sites (tertiary alicyclic amines) is 1. The van der Waals surface area contributed by atoms with Crippen molar-refractivity contribution < 1.29 is 24.2 Å². The fraction of sp³-hybridized carbons (Fsp3) is 0.464. The van der Waals surface area contributed by atoms with Crippen molar-refractivity contribution in [1.29, 1.82) is 0 Å². The number of fused-ring (bicyclic) bond motifs is 3. The number of amides is 2. The molecule has 1 aliphatic carbocycles. The molecule has 7 heteroatoms. The largest absolute Gasteiger partial charge is 0.481 e. The number of nitrogens with one attached hydrogen (secondary N) is 1. The Morgan fingerprint density at radius 2 is 1.66 bits per heavy atom. The van der Waals surface area contributed by atoms with Crippen LogP contribution in [0, 0.1) is 5.41 Å². The number of alkyl carbamates (subject to hydrolysis) is 1. The number of hydrogen-bond acceptors (Lipinski definition) is 4. The second-order valence-corrected chi connectivity index (χ2v) is 10.6. The van der Waals surface area contributed by atoms with Crippen molar-refractivity contribution >= 4 is 18.0 Å². The van der Waals surface area contributed by atoms with Crippen LogP contribution in [-0.4, -0.2) is 53.2 Å². The van der Waals surface area contributed by atoms with Crippen molar-refractivity contribution in [2.75, 3.05) is 13.2 Å². The summed E-state index contributed by atoms with van der Waals surface area (Å²) in [4.78, 5) is 38.7. The minimum Gasteiger partial charge on any atom is -0.481 e. The van der Waals surface area contributed by atoms with Gasteiger partial charge in [-0.05, 0) is 40.5 Å². The van der Waals surface area contributed by atoms with Gasteiger partial charge in [0.15, 0.2) is 0 Å². The molecule has 1 saturated heterocycles. The SMILES string of the molecule is CC(C)(C)C(CC(=O)N1CCC[C@@H]1CC(=O)O)NC(=O)OCC1c2ccccc2-c2ccccc21. The van der Waals surface area contributed by atoms with E-state index in [-0.39, 0.29) is 42.7 Å². The number of carboxylic acid groups (broad SMARTS) is 1. The third-order valence-electron chi connectivity index (χ3n) is 7.17. The Labute approximate surface area is 206 Å². The maximum absolute atomic E-state index is 13.1. The molecule has 0 aromatic heterocycles. The number of hydrogen-bond donors (Lipinski definition) is 2. The van der Waals surface area contributed by atoms with E-state index < -0.39 is 18.1 Å². The van der Waals surface area contributed by atoms with Crippen LogP contribution in [0.1, 0.15) is 63.5 Å². The van der Waals surface area contributed by atoms with Crippen molar-refractivity contribution in [2.45, 2.75) is 64.5 Å². The minimum atomic E-state index is -0.904. The van der Waals surface area contributed by atoms with E-state index in [0.29, 0.717) is 13.0 Å². The predicted molar refractivity (Wildman–Crippen MR) is 133 cm³/mol. The van der Waals surface area contributed by atoms with Crippen LogP contribution in [0.25, 0.3) is 11.1 Å². The smallest absolute Gasteiger partial charge is 0.407 e. The van der Waals surface area contributed by atoms with Gasteiger partial charge in [0.1, 0.15) is 6.61 Å². The lowest BCUT2D eigenvalue weighted by molar-refractivity contribution is -0.140. The highest BCUT2D eigenvalue weighted by molar-refractivity contribution is 5.80. The molecular formula is C28H34N2O5. The van der Waals surface area contributed by atoms with E-state index in [1.165, 1.54) is 0 Å². The van der Waals surface area contributed by atoms with Gasteiger partial charge in [-0.25, -0.2) is 4.79 Å². The number of rotatable bonds is 7. The molecular weight excluding hydrogens is 444 g/mol. The van der Waals surface area contributed by atoms with Crippen LogP contribution in [0.3, 0.4) is 0 Å². The standard InChI is InChI=1S/C28H34N2O5/c1-28(2,3)24(16-25(31)30-14-8-9-18(30)15-26(32)33)29-27(34)35-17-23-21-12-6-4-10-19(21)20-11-5-7-13-22(20)23/h4-7,10-13,18,23-24H,8-9,14-17H2,1-3H3,(H,29,34)(H,32,33)/t18-,24?/m1/s1. The first-order chi connectivity index (χ1) is 16.6. The zero-order valence-electron chi connectivity index (χ0n) is 20.6. The molecule has 2 N–H and O–H groups in total. The molecule has 1 heterocycles. The van der Waals surface area contributed by atoms with E-state index in [1.54, 1.807) is 4.90 Å². The Morgan fingerprint density at radius 1 is 1.06 bits per heavy atom. The molecule has 2 aromatic rings. The van der Waals surface area contributed by atoms with Crippen LogP contribution in [0.2, 0.25) is 0 Å². The van der Waals surface area contributed by atoms with E-state index in [2.05, 4.69) is 29.6 Å². The van der Waals surface area contributed by atoms with E-state index in [1.807, 2.05) is 45.0 Å². The highest BCUT2D eigenvalue weighted by Gasteiger charge is 2.36. The van der Waals surface area contributed by atoms with Gasteiger partial charge in [0, 0.05) is 31.0 Å². The molecule has 35 heavy (non-hydrogen) atoms. The Balaban J connectivity index is 1.40. The summed E-state index contributed by atoms with van der Waals surface area (Å²) in [5.41, 5.74) is 4.22. The summed E-state index contributed by atoms with van der Waals surface area (Å²) in [6, 6.07) is 15.6. The molecule has 2 aromatic carbocycles. The van der Waals surface area contributed by atoms with Gasteiger partial charge in [-0.1, -0.05) is 69.3 Å². The highest BCUT2D eigenvalue weighted by Crippen LogP contribution is 2.44. The third kappa shape index (κ3) is 5.50. The van der Waals surface area contributed by atoms with Crippen LogP contribution in [0.4, 0.5) is 4.79 Å². The first-order valence-electron chi connectivity index (χ1n) is 12.3. The number of aliphatic carboxylic acids is 1. The summed E-state index contributed by atoms with van der Waals surface area (Å²) in [6.45, 7) is 6.66. The summed E-state index contributed by atoms with van der Waals surface area (Å²) in [5, 5.41) is 12.1. The number of nitrogens with zero attached hydrogens (tertiary/aromatic N) is 1. The zero-order chi connectivity index (χ0) is 25.2. The van der Waals surface area contributed by atoms with E-state index in [9.17, 15) is 14.4 Å². The van der Waals surface area contributed by atoms with Crippen LogP contribution in [0.5, 0.6) is 0 Å². The van der Waals surface area contributed by atoms with Gasteiger partial charge < -0.3 is 20.1 Å². The van der Waals surface area contributed by atoms with Gasteiger partial charge in [-0.3, -0.25) is 9.59 Å². The second kappa shape index (κ2) is 10.1. The van der Waals surface area contributed by atoms with Crippen LogP contribution in [0.15, 0.2) is 48.5 Å². The van der Waals surface area contributed by atoms with Gasteiger partial charge in [0.05, 0.1) is 6.42 Å². The average Bonchev–Trinajstić information content (AvgIpc) is 3.38. The molecule has 0 saturated carbocycles.